The molecular weight excluding hydrogens is 472 g/mol. The van der Waals surface area contributed by atoms with Crippen molar-refractivity contribution in [3.05, 3.63) is 74.8 Å². The molecule has 2 N–H and O–H groups in total. The molecule has 7 nitrogen and oxygen atoms in total. The molecule has 0 saturated heterocycles. The zero-order valence-corrected chi connectivity index (χ0v) is 18.4. The van der Waals surface area contributed by atoms with E-state index < -0.39 is 12.0 Å². The molecule has 0 fully saturated rings. The lowest BCUT2D eigenvalue weighted by molar-refractivity contribution is -0.141. The standard InChI is InChI=1S/C21H19BrN2O5S/c1-28-20(26)12-15(17-3-2-10-30-17)24-19(25)11-13-4-6-14(7-5-13)23-21(27)16-8-9-18(22)29-16/h2-10,15H,11-12H2,1H3,(H,23,27)(H,24,25). The molecule has 9 heteroatoms. The summed E-state index contributed by atoms with van der Waals surface area (Å²) in [6.07, 6.45) is 0.207. The minimum absolute atomic E-state index is 0.0661. The number of amides is 2. The van der Waals surface area contributed by atoms with Gasteiger partial charge in [0.25, 0.3) is 5.91 Å². The summed E-state index contributed by atoms with van der Waals surface area (Å²) in [4.78, 5) is 37.2. The maximum absolute atomic E-state index is 12.5. The lowest BCUT2D eigenvalue weighted by Gasteiger charge is -2.16. The number of rotatable bonds is 8. The highest BCUT2D eigenvalue weighted by atomic mass is 79.9. The summed E-state index contributed by atoms with van der Waals surface area (Å²) < 4.78 is 10.4. The van der Waals surface area contributed by atoms with E-state index >= 15 is 0 Å². The number of carbonyl (C=O) groups excluding carboxylic acids is 3. The summed E-state index contributed by atoms with van der Waals surface area (Å²) in [5.41, 5.74) is 1.35. The van der Waals surface area contributed by atoms with Crippen molar-refractivity contribution < 1.29 is 23.5 Å². The monoisotopic (exact) mass is 490 g/mol. The van der Waals surface area contributed by atoms with Crippen molar-refractivity contribution in [1.29, 1.82) is 0 Å². The summed E-state index contributed by atoms with van der Waals surface area (Å²) in [6, 6.07) is 13.4. The van der Waals surface area contributed by atoms with Gasteiger partial charge in [0.05, 0.1) is 26.0 Å². The van der Waals surface area contributed by atoms with Crippen LogP contribution in [0.3, 0.4) is 0 Å². The molecule has 3 aromatic rings. The minimum Gasteiger partial charge on any atom is -0.469 e. The zero-order chi connectivity index (χ0) is 21.5. The van der Waals surface area contributed by atoms with Crippen molar-refractivity contribution in [2.24, 2.45) is 0 Å². The molecule has 0 radical (unpaired) electrons. The van der Waals surface area contributed by atoms with Gasteiger partial charge in [0.15, 0.2) is 10.4 Å². The van der Waals surface area contributed by atoms with Crippen LogP contribution in [0.1, 0.15) is 33.5 Å². The van der Waals surface area contributed by atoms with Gasteiger partial charge < -0.3 is 19.8 Å². The second-order valence-corrected chi connectivity index (χ2v) is 8.11. The largest absolute Gasteiger partial charge is 0.469 e. The first-order chi connectivity index (χ1) is 14.4. The van der Waals surface area contributed by atoms with Gasteiger partial charge in [-0.25, -0.2) is 0 Å². The topological polar surface area (TPSA) is 97.6 Å². The van der Waals surface area contributed by atoms with Crippen LogP contribution in [0.15, 0.2) is 63.0 Å². The van der Waals surface area contributed by atoms with E-state index in [4.69, 9.17) is 9.15 Å². The van der Waals surface area contributed by atoms with E-state index in [0.29, 0.717) is 10.4 Å². The lowest BCUT2D eigenvalue weighted by Crippen LogP contribution is -2.31. The molecule has 2 amide bonds. The van der Waals surface area contributed by atoms with E-state index in [0.717, 1.165) is 10.4 Å². The number of carbonyl (C=O) groups is 3. The summed E-state index contributed by atoms with van der Waals surface area (Å²) >= 11 is 4.62. The molecule has 1 aromatic carbocycles. The molecule has 0 aliphatic rings. The van der Waals surface area contributed by atoms with Gasteiger partial charge in [-0.05, 0) is 57.2 Å². The van der Waals surface area contributed by atoms with Crippen LogP contribution < -0.4 is 10.6 Å². The van der Waals surface area contributed by atoms with Crippen LogP contribution in [-0.2, 0) is 20.7 Å². The average Bonchev–Trinajstić information content (AvgIpc) is 3.41. The highest BCUT2D eigenvalue weighted by Gasteiger charge is 2.20. The van der Waals surface area contributed by atoms with E-state index in [1.807, 2.05) is 17.5 Å². The lowest BCUT2D eigenvalue weighted by atomic mass is 10.1. The van der Waals surface area contributed by atoms with Crippen LogP contribution in [0.4, 0.5) is 5.69 Å². The van der Waals surface area contributed by atoms with E-state index in [-0.39, 0.29) is 30.4 Å². The number of anilines is 1. The quantitative estimate of drug-likeness (QED) is 0.458. The number of furan rings is 1. The maximum atomic E-state index is 12.5. The predicted octanol–water partition coefficient (Wildman–Crippen LogP) is 4.32. The van der Waals surface area contributed by atoms with Crippen molar-refractivity contribution in [3.8, 4) is 0 Å². The molecule has 2 heterocycles. The Morgan fingerprint density at radius 2 is 1.90 bits per heavy atom. The van der Waals surface area contributed by atoms with Crippen molar-refractivity contribution in [3.63, 3.8) is 0 Å². The van der Waals surface area contributed by atoms with Crippen LogP contribution in [-0.4, -0.2) is 24.9 Å². The Labute approximate surface area is 185 Å². The first-order valence-electron chi connectivity index (χ1n) is 9.00. The smallest absolute Gasteiger partial charge is 0.307 e. The first-order valence-corrected chi connectivity index (χ1v) is 10.7. The Morgan fingerprint density at radius 1 is 1.13 bits per heavy atom. The predicted molar refractivity (Wildman–Crippen MR) is 116 cm³/mol. The number of hydrogen-bond donors (Lipinski definition) is 2. The fourth-order valence-corrected chi connectivity index (χ4v) is 3.81. The SMILES string of the molecule is COC(=O)CC(NC(=O)Cc1ccc(NC(=O)c2ccc(Br)o2)cc1)c1cccs1. The number of ether oxygens (including phenoxy) is 1. The second kappa shape index (κ2) is 10.2. The number of benzene rings is 1. The van der Waals surface area contributed by atoms with Crippen LogP contribution in [0.25, 0.3) is 0 Å². The molecule has 0 saturated carbocycles. The maximum Gasteiger partial charge on any atom is 0.307 e. The van der Waals surface area contributed by atoms with Gasteiger partial charge in [-0.3, -0.25) is 14.4 Å². The second-order valence-electron chi connectivity index (χ2n) is 6.35. The van der Waals surface area contributed by atoms with E-state index in [1.165, 1.54) is 18.4 Å². The van der Waals surface area contributed by atoms with Crippen LogP contribution in [0, 0.1) is 0 Å². The molecular formula is C21H19BrN2O5S. The molecule has 0 bridgehead atoms. The fraction of sp³-hybridized carbons (Fsp3) is 0.190. The number of hydrogen-bond acceptors (Lipinski definition) is 6. The number of methoxy groups -OCH3 is 1. The summed E-state index contributed by atoms with van der Waals surface area (Å²) in [5, 5.41) is 7.50. The first kappa shape index (κ1) is 21.8. The zero-order valence-electron chi connectivity index (χ0n) is 16.0. The molecule has 30 heavy (non-hydrogen) atoms. The van der Waals surface area contributed by atoms with E-state index in [2.05, 4.69) is 26.6 Å². The number of esters is 1. The normalized spacial score (nSPS) is 11.5. The van der Waals surface area contributed by atoms with Crippen LogP contribution in [0.5, 0.6) is 0 Å². The fourth-order valence-electron chi connectivity index (χ4n) is 2.73. The van der Waals surface area contributed by atoms with Gasteiger partial charge in [-0.15, -0.1) is 11.3 Å². The number of thiophene rings is 1. The van der Waals surface area contributed by atoms with Gasteiger partial charge in [-0.2, -0.15) is 0 Å². The van der Waals surface area contributed by atoms with Crippen LogP contribution >= 0.6 is 27.3 Å². The van der Waals surface area contributed by atoms with Crippen LogP contribution in [0.2, 0.25) is 0 Å². The average molecular weight is 491 g/mol. The molecule has 2 aromatic heterocycles. The molecule has 1 atom stereocenters. The Hall–Kier alpha value is -2.91. The minimum atomic E-state index is -0.434. The highest BCUT2D eigenvalue weighted by Crippen LogP contribution is 2.23. The molecule has 0 aliphatic heterocycles. The molecule has 0 spiro atoms. The van der Waals surface area contributed by atoms with Gasteiger partial charge in [0, 0.05) is 10.6 Å². The van der Waals surface area contributed by atoms with Crippen molar-refractivity contribution in [1.82, 2.24) is 5.32 Å². The molecule has 156 valence electrons. The Balaban J connectivity index is 1.58. The Morgan fingerprint density at radius 3 is 2.50 bits per heavy atom. The third-order valence-electron chi connectivity index (χ3n) is 4.19. The Bertz CT molecular complexity index is 1010. The van der Waals surface area contributed by atoms with E-state index in [9.17, 15) is 14.4 Å². The van der Waals surface area contributed by atoms with Crippen molar-refractivity contribution in [2.75, 3.05) is 12.4 Å². The third kappa shape index (κ3) is 6.04. The summed E-state index contributed by atoms with van der Waals surface area (Å²) in [5.74, 6) is -0.782. The van der Waals surface area contributed by atoms with Gasteiger partial charge >= 0.3 is 5.97 Å². The number of halogens is 1. The molecule has 3 rings (SSSR count). The molecule has 1 unspecified atom stereocenters. The highest BCUT2D eigenvalue weighted by molar-refractivity contribution is 9.10. The third-order valence-corrected chi connectivity index (χ3v) is 5.61. The van der Waals surface area contributed by atoms with Gasteiger partial charge in [0.2, 0.25) is 5.91 Å². The summed E-state index contributed by atoms with van der Waals surface area (Å²) in [7, 11) is 1.32. The number of nitrogens with one attached hydrogen (secondary N) is 2. The van der Waals surface area contributed by atoms with Crippen molar-refractivity contribution >= 4 is 50.7 Å². The Kier molecular flexibility index (Phi) is 7.42. The van der Waals surface area contributed by atoms with E-state index in [1.54, 1.807) is 36.4 Å². The van der Waals surface area contributed by atoms with Gasteiger partial charge in [0.1, 0.15) is 0 Å². The summed E-state index contributed by atoms with van der Waals surface area (Å²) in [6.45, 7) is 0. The van der Waals surface area contributed by atoms with Gasteiger partial charge in [-0.1, -0.05) is 18.2 Å². The van der Waals surface area contributed by atoms with Crippen molar-refractivity contribution in [2.45, 2.75) is 18.9 Å². The molecule has 0 aliphatic carbocycles.